The number of ether oxygens (including phenoxy) is 1. The molecule has 0 saturated carbocycles. The van der Waals surface area contributed by atoms with Gasteiger partial charge in [0.05, 0.1) is 18.6 Å². The van der Waals surface area contributed by atoms with Gasteiger partial charge in [0, 0.05) is 23.3 Å². The molecule has 1 aliphatic carbocycles. The number of ketones is 1. The van der Waals surface area contributed by atoms with Crippen LogP contribution in [-0.2, 0) is 4.79 Å². The Morgan fingerprint density at radius 3 is 2.68 bits per heavy atom. The Bertz CT molecular complexity index is 1060. The zero-order valence-corrected chi connectivity index (χ0v) is 17.2. The topological polar surface area (TPSA) is 84.1 Å². The number of nitrogens with zero attached hydrogens (tertiary/aromatic N) is 1. The van der Waals surface area contributed by atoms with Crippen molar-refractivity contribution in [2.24, 2.45) is 5.41 Å². The number of aromatic amines is 1. The molecule has 0 amide bonds. The van der Waals surface area contributed by atoms with Crippen LogP contribution in [0, 0.1) is 5.41 Å². The number of aromatic nitrogens is 2. The Hall–Kier alpha value is -2.54. The standard InChI is InChI=1S/C21H23N3O3S/c1-21(2)9-12-16(13(25)10-21)15(11-7-5-6-8-14(11)27-3)17-18(22-12)23-20(28-4)24-19(17)26/h5-8,15H,9-10H2,1-4H3,(H2,22,23,24,26)/t15-/m1/s1. The van der Waals surface area contributed by atoms with E-state index in [4.69, 9.17) is 4.74 Å². The Morgan fingerprint density at radius 1 is 1.21 bits per heavy atom. The Kier molecular flexibility index (Phi) is 4.57. The molecule has 0 saturated heterocycles. The van der Waals surface area contributed by atoms with Crippen LogP contribution in [-0.4, -0.2) is 29.1 Å². The van der Waals surface area contributed by atoms with Crippen LogP contribution in [0.15, 0.2) is 45.5 Å². The summed E-state index contributed by atoms with van der Waals surface area (Å²) in [6.07, 6.45) is 3.04. The second kappa shape index (κ2) is 6.81. The fraction of sp³-hybridized carbons (Fsp3) is 0.381. The van der Waals surface area contributed by atoms with Gasteiger partial charge >= 0.3 is 0 Å². The second-order valence-corrected chi connectivity index (χ2v) is 8.77. The number of anilines is 1. The molecule has 0 radical (unpaired) electrons. The molecule has 1 aromatic heterocycles. The van der Waals surface area contributed by atoms with Gasteiger partial charge in [-0.05, 0) is 24.2 Å². The molecule has 4 rings (SSSR count). The molecular formula is C21H23N3O3S. The molecule has 6 nitrogen and oxygen atoms in total. The molecule has 146 valence electrons. The van der Waals surface area contributed by atoms with Gasteiger partial charge in [0.25, 0.3) is 5.56 Å². The molecule has 2 aromatic rings. The summed E-state index contributed by atoms with van der Waals surface area (Å²) in [6.45, 7) is 4.17. The van der Waals surface area contributed by atoms with Crippen LogP contribution in [0.25, 0.3) is 0 Å². The predicted molar refractivity (Wildman–Crippen MR) is 110 cm³/mol. The van der Waals surface area contributed by atoms with Crippen molar-refractivity contribution in [3.63, 3.8) is 0 Å². The Morgan fingerprint density at radius 2 is 1.96 bits per heavy atom. The maximum atomic E-state index is 13.2. The van der Waals surface area contributed by atoms with Crippen molar-refractivity contribution in [2.75, 3.05) is 18.7 Å². The van der Waals surface area contributed by atoms with E-state index >= 15 is 0 Å². The number of carbonyl (C=O) groups excluding carboxylic acids is 1. The first kappa shape index (κ1) is 18.8. The Balaban J connectivity index is 2.02. The van der Waals surface area contributed by atoms with Crippen molar-refractivity contribution in [1.29, 1.82) is 0 Å². The summed E-state index contributed by atoms with van der Waals surface area (Å²) < 4.78 is 5.56. The first-order chi connectivity index (χ1) is 13.3. The molecular weight excluding hydrogens is 374 g/mol. The SMILES string of the molecule is COc1ccccc1[C@@H]1C2=C(CC(C)(C)CC2=O)Nc2nc(SC)[nH]c(=O)c21. The van der Waals surface area contributed by atoms with Gasteiger partial charge in [0.2, 0.25) is 0 Å². The van der Waals surface area contributed by atoms with Crippen LogP contribution in [0.4, 0.5) is 5.82 Å². The summed E-state index contributed by atoms with van der Waals surface area (Å²) in [5, 5.41) is 3.85. The summed E-state index contributed by atoms with van der Waals surface area (Å²) in [5.74, 6) is 0.734. The van der Waals surface area contributed by atoms with Crippen LogP contribution < -0.4 is 15.6 Å². The fourth-order valence-electron chi connectivity index (χ4n) is 4.21. The van der Waals surface area contributed by atoms with Crippen molar-refractivity contribution in [3.05, 3.63) is 57.0 Å². The van der Waals surface area contributed by atoms with Gasteiger partial charge in [0.15, 0.2) is 10.9 Å². The number of hydrogen-bond donors (Lipinski definition) is 2. The van der Waals surface area contributed by atoms with Gasteiger partial charge in [-0.25, -0.2) is 4.98 Å². The van der Waals surface area contributed by atoms with Crippen LogP contribution in [0.5, 0.6) is 5.75 Å². The number of para-hydroxylation sites is 1. The molecule has 7 heteroatoms. The molecule has 1 aromatic carbocycles. The van der Waals surface area contributed by atoms with Crippen LogP contribution in [0.3, 0.4) is 0 Å². The highest BCUT2D eigenvalue weighted by Gasteiger charge is 2.43. The summed E-state index contributed by atoms with van der Waals surface area (Å²) >= 11 is 1.38. The number of nitrogens with one attached hydrogen (secondary N) is 2. The molecule has 0 unspecified atom stereocenters. The monoisotopic (exact) mass is 397 g/mol. The molecule has 28 heavy (non-hydrogen) atoms. The third-order valence-corrected chi connectivity index (χ3v) is 5.92. The third-order valence-electron chi connectivity index (χ3n) is 5.34. The zero-order chi connectivity index (χ0) is 20.1. The minimum Gasteiger partial charge on any atom is -0.496 e. The van der Waals surface area contributed by atoms with Crippen LogP contribution >= 0.6 is 11.8 Å². The van der Waals surface area contributed by atoms with Crippen molar-refractivity contribution in [3.8, 4) is 5.75 Å². The van der Waals surface area contributed by atoms with Gasteiger partial charge in [-0.15, -0.1) is 0 Å². The number of thioether (sulfide) groups is 1. The molecule has 1 atom stereocenters. The number of hydrogen-bond acceptors (Lipinski definition) is 6. The zero-order valence-electron chi connectivity index (χ0n) is 16.4. The van der Waals surface area contributed by atoms with Crippen molar-refractivity contribution in [1.82, 2.24) is 9.97 Å². The summed E-state index contributed by atoms with van der Waals surface area (Å²) in [4.78, 5) is 33.6. The molecule has 1 aliphatic heterocycles. The number of methoxy groups -OCH3 is 1. The third kappa shape index (κ3) is 3.03. The Labute approximate surface area is 167 Å². The van der Waals surface area contributed by atoms with Gasteiger partial charge in [0.1, 0.15) is 11.6 Å². The van der Waals surface area contributed by atoms with Crippen molar-refractivity contribution >= 4 is 23.4 Å². The lowest BCUT2D eigenvalue weighted by Crippen LogP contribution is -2.37. The van der Waals surface area contributed by atoms with Gasteiger partial charge in [-0.1, -0.05) is 43.8 Å². The average molecular weight is 398 g/mol. The maximum Gasteiger partial charge on any atom is 0.257 e. The number of H-pyrrole nitrogens is 1. The van der Waals surface area contributed by atoms with E-state index in [9.17, 15) is 9.59 Å². The highest BCUT2D eigenvalue weighted by Crippen LogP contribution is 2.49. The van der Waals surface area contributed by atoms with Crippen molar-refractivity contribution in [2.45, 2.75) is 37.8 Å². The second-order valence-electron chi connectivity index (χ2n) is 7.97. The molecule has 0 spiro atoms. The lowest BCUT2D eigenvalue weighted by atomic mass is 9.69. The van der Waals surface area contributed by atoms with E-state index in [2.05, 4.69) is 29.1 Å². The van der Waals surface area contributed by atoms with Crippen molar-refractivity contribution < 1.29 is 9.53 Å². The summed E-state index contributed by atoms with van der Waals surface area (Å²) in [7, 11) is 1.60. The van der Waals surface area contributed by atoms with E-state index in [0.29, 0.717) is 34.3 Å². The van der Waals surface area contributed by atoms with Crippen LogP contribution in [0.1, 0.15) is 43.7 Å². The lowest BCUT2D eigenvalue weighted by molar-refractivity contribution is -0.118. The van der Waals surface area contributed by atoms with E-state index in [-0.39, 0.29) is 16.8 Å². The molecule has 2 heterocycles. The van der Waals surface area contributed by atoms with E-state index < -0.39 is 5.92 Å². The summed E-state index contributed by atoms with van der Waals surface area (Å²) in [6, 6.07) is 7.55. The van der Waals surface area contributed by atoms with Gasteiger partial charge < -0.3 is 15.0 Å². The van der Waals surface area contributed by atoms with E-state index in [1.165, 1.54) is 11.8 Å². The fourth-order valence-corrected chi connectivity index (χ4v) is 4.58. The maximum absolute atomic E-state index is 13.2. The molecule has 2 aliphatic rings. The quantitative estimate of drug-likeness (QED) is 0.607. The number of carbonyl (C=O) groups is 1. The molecule has 0 fully saturated rings. The molecule has 0 bridgehead atoms. The van der Waals surface area contributed by atoms with E-state index in [0.717, 1.165) is 17.7 Å². The number of Topliss-reactive ketones (excluding diaryl/α,β-unsaturated/α-hetero) is 1. The van der Waals surface area contributed by atoms with E-state index in [1.54, 1.807) is 7.11 Å². The summed E-state index contributed by atoms with van der Waals surface area (Å²) in [5.41, 5.74) is 2.40. The largest absolute Gasteiger partial charge is 0.496 e. The minimum absolute atomic E-state index is 0.0636. The number of allylic oxidation sites excluding steroid dienone is 2. The normalized spacial score (nSPS) is 20.3. The first-order valence-electron chi connectivity index (χ1n) is 9.19. The number of fused-ring (bicyclic) bond motifs is 1. The number of benzene rings is 1. The predicted octanol–water partition coefficient (Wildman–Crippen LogP) is 3.70. The van der Waals surface area contributed by atoms with Gasteiger partial charge in [-0.2, -0.15) is 0 Å². The van der Waals surface area contributed by atoms with E-state index in [1.807, 2.05) is 30.5 Å². The van der Waals surface area contributed by atoms with Gasteiger partial charge in [-0.3, -0.25) is 9.59 Å². The first-order valence-corrected chi connectivity index (χ1v) is 10.4. The molecule has 2 N–H and O–H groups in total. The average Bonchev–Trinajstić information content (AvgIpc) is 2.65. The van der Waals surface area contributed by atoms with Crippen LogP contribution in [0.2, 0.25) is 0 Å². The minimum atomic E-state index is -0.502. The highest BCUT2D eigenvalue weighted by molar-refractivity contribution is 7.98. The lowest BCUT2D eigenvalue weighted by Gasteiger charge is -2.38. The highest BCUT2D eigenvalue weighted by atomic mass is 32.2. The smallest absolute Gasteiger partial charge is 0.257 e. The number of rotatable bonds is 3.